The van der Waals surface area contributed by atoms with Crippen molar-refractivity contribution in [1.29, 1.82) is 0 Å². The number of esters is 2. The second kappa shape index (κ2) is 14.4. The summed E-state index contributed by atoms with van der Waals surface area (Å²) in [6.07, 6.45) is -0.296. The van der Waals surface area contributed by atoms with E-state index in [1.165, 1.54) is 6.92 Å². The zero-order valence-electron chi connectivity index (χ0n) is 24.2. The third kappa shape index (κ3) is 7.82. The van der Waals surface area contributed by atoms with Crippen LogP contribution in [0, 0.1) is 0 Å². The van der Waals surface area contributed by atoms with Crippen LogP contribution in [0.15, 0.2) is 60.7 Å². The van der Waals surface area contributed by atoms with Gasteiger partial charge in [0.25, 0.3) is 0 Å². The number of carbonyl (C=O) groups excluding carboxylic acids is 3. The van der Waals surface area contributed by atoms with Gasteiger partial charge >= 0.3 is 19.5 Å². The molecule has 0 aromatic heterocycles. The molecule has 10 heteroatoms. The molecule has 0 radical (unpaired) electrons. The average Bonchev–Trinajstić information content (AvgIpc) is 2.92. The van der Waals surface area contributed by atoms with Gasteiger partial charge in [-0.1, -0.05) is 60.7 Å². The van der Waals surface area contributed by atoms with Crippen molar-refractivity contribution in [3.05, 3.63) is 71.8 Å². The third-order valence-corrected chi connectivity index (χ3v) is 8.34. The van der Waals surface area contributed by atoms with E-state index in [1.54, 1.807) is 33.8 Å². The van der Waals surface area contributed by atoms with Crippen molar-refractivity contribution in [3.63, 3.8) is 0 Å². The number of hydrogen-bond donors (Lipinski definition) is 1. The number of rotatable bonds is 14. The maximum absolute atomic E-state index is 13.5. The van der Waals surface area contributed by atoms with E-state index in [-0.39, 0.29) is 39.0 Å². The Morgan fingerprint density at radius 1 is 0.780 bits per heavy atom. The van der Waals surface area contributed by atoms with E-state index in [0.29, 0.717) is 11.1 Å². The monoisotopic (exact) mass is 583 g/mol. The lowest BCUT2D eigenvalue weighted by molar-refractivity contribution is -0.168. The van der Waals surface area contributed by atoms with Gasteiger partial charge in [-0.25, -0.2) is 9.59 Å². The van der Waals surface area contributed by atoms with Crippen molar-refractivity contribution in [2.45, 2.75) is 52.7 Å². The Balaban J connectivity index is 2.26. The van der Waals surface area contributed by atoms with Crippen molar-refractivity contribution in [3.8, 4) is 11.1 Å². The second-order valence-electron chi connectivity index (χ2n) is 9.37. The Hall–Kier alpha value is -3.52. The first-order valence-corrected chi connectivity index (χ1v) is 15.5. The molecule has 3 rings (SSSR count). The molecule has 0 fully saturated rings. The largest absolute Gasteiger partial charge is 0.464 e. The van der Waals surface area contributed by atoms with Gasteiger partial charge in [-0.15, -0.1) is 0 Å². The predicted molar refractivity (Wildman–Crippen MR) is 157 cm³/mol. The van der Waals surface area contributed by atoms with Crippen LogP contribution in [-0.2, 0) is 50.1 Å². The van der Waals surface area contributed by atoms with Crippen LogP contribution in [0.3, 0.4) is 0 Å². The minimum absolute atomic E-state index is 0.00718. The summed E-state index contributed by atoms with van der Waals surface area (Å²) in [7, 11) is -3.51. The van der Waals surface area contributed by atoms with Crippen molar-refractivity contribution >= 4 is 36.2 Å². The number of nitrogens with one attached hydrogen (secondary N) is 1. The SMILES string of the molecule is CCOC(=O)C(Cc1cc(CP(=O)(OCC)OCC)cc(-c2cccc3ccccc23)c1)(NC(C)=O)C(=O)OCC. The first-order chi connectivity index (χ1) is 19.6. The smallest absolute Gasteiger partial charge is 0.344 e. The molecule has 3 aromatic rings. The summed E-state index contributed by atoms with van der Waals surface area (Å²) in [6, 6.07) is 19.3. The molecular formula is C31H38NO8P. The zero-order chi connectivity index (χ0) is 30.0. The van der Waals surface area contributed by atoms with Crippen LogP contribution >= 0.6 is 7.60 Å². The molecule has 0 aliphatic carbocycles. The van der Waals surface area contributed by atoms with Gasteiger partial charge in [0.15, 0.2) is 0 Å². The molecule has 0 saturated heterocycles. The first-order valence-electron chi connectivity index (χ1n) is 13.7. The second-order valence-corrected chi connectivity index (χ2v) is 11.4. The molecule has 0 spiro atoms. The molecule has 0 unspecified atom stereocenters. The Morgan fingerprint density at radius 2 is 1.37 bits per heavy atom. The van der Waals surface area contributed by atoms with Crippen LogP contribution in [-0.4, -0.2) is 49.8 Å². The molecule has 1 N–H and O–H groups in total. The van der Waals surface area contributed by atoms with Crippen LogP contribution in [0.5, 0.6) is 0 Å². The van der Waals surface area contributed by atoms with Crippen LogP contribution in [0.1, 0.15) is 45.7 Å². The van der Waals surface area contributed by atoms with Crippen molar-refractivity contribution in [1.82, 2.24) is 5.32 Å². The summed E-state index contributed by atoms with van der Waals surface area (Å²) in [5, 5.41) is 4.53. The number of amides is 1. The average molecular weight is 584 g/mol. The van der Waals surface area contributed by atoms with Crippen molar-refractivity contribution < 1.29 is 37.5 Å². The summed E-state index contributed by atoms with van der Waals surface area (Å²) >= 11 is 0. The van der Waals surface area contributed by atoms with E-state index in [4.69, 9.17) is 18.5 Å². The molecule has 1 amide bonds. The Bertz CT molecular complexity index is 1400. The summed E-state index contributed by atoms with van der Waals surface area (Å²) < 4.78 is 35.1. The lowest BCUT2D eigenvalue weighted by Crippen LogP contribution is -2.62. The standard InChI is InChI=1S/C31H38NO8P/c1-6-37-29(34)31(32-22(5)33,30(35)38-7-2)20-23-17-24(21-41(36,39-8-3)40-9-4)19-26(18-23)28-16-12-14-25-13-10-11-15-27(25)28/h10-19H,6-9,20-21H2,1-5H3,(H,32,33). The lowest BCUT2D eigenvalue weighted by Gasteiger charge is -2.30. The van der Waals surface area contributed by atoms with E-state index in [2.05, 4.69) is 5.32 Å². The fourth-order valence-corrected chi connectivity index (χ4v) is 6.50. The van der Waals surface area contributed by atoms with Gasteiger partial charge in [0.2, 0.25) is 11.4 Å². The van der Waals surface area contributed by atoms with Crippen molar-refractivity contribution in [2.24, 2.45) is 0 Å². The molecule has 0 aliphatic heterocycles. The number of ether oxygens (including phenoxy) is 2. The number of carbonyl (C=O) groups is 3. The van der Waals surface area contributed by atoms with E-state index >= 15 is 0 Å². The van der Waals surface area contributed by atoms with Gasteiger partial charge in [-0.2, -0.15) is 0 Å². The van der Waals surface area contributed by atoms with Gasteiger partial charge in [0.05, 0.1) is 32.6 Å². The fraction of sp³-hybridized carbons (Fsp3) is 0.387. The maximum atomic E-state index is 13.5. The Morgan fingerprint density at radius 3 is 1.95 bits per heavy atom. The van der Waals surface area contributed by atoms with Crippen LogP contribution in [0.4, 0.5) is 0 Å². The highest BCUT2D eigenvalue weighted by Gasteiger charge is 2.50. The normalized spacial score (nSPS) is 11.7. The number of hydrogen-bond acceptors (Lipinski definition) is 8. The minimum Gasteiger partial charge on any atom is -0.464 e. The third-order valence-electron chi connectivity index (χ3n) is 6.29. The molecule has 220 valence electrons. The lowest BCUT2D eigenvalue weighted by atomic mass is 9.87. The van der Waals surface area contributed by atoms with Crippen molar-refractivity contribution in [2.75, 3.05) is 26.4 Å². The first kappa shape index (κ1) is 32.0. The highest BCUT2D eigenvalue weighted by atomic mass is 31.2. The summed E-state index contributed by atoms with van der Waals surface area (Å²) in [6.45, 7) is 8.30. The van der Waals surface area contributed by atoms with Gasteiger partial charge in [-0.3, -0.25) is 9.36 Å². The maximum Gasteiger partial charge on any atom is 0.344 e. The molecule has 0 atom stereocenters. The fourth-order valence-electron chi connectivity index (χ4n) is 4.82. The van der Waals surface area contributed by atoms with E-state index < -0.39 is 31.0 Å². The van der Waals surface area contributed by atoms with E-state index in [1.807, 2.05) is 54.6 Å². The Labute approximate surface area is 241 Å². The molecule has 0 heterocycles. The summed E-state index contributed by atoms with van der Waals surface area (Å²) in [5.74, 6) is -2.46. The summed E-state index contributed by atoms with van der Waals surface area (Å²) in [5.41, 5.74) is 0.653. The molecule has 0 saturated carbocycles. The Kier molecular flexibility index (Phi) is 11.2. The highest BCUT2D eigenvalue weighted by molar-refractivity contribution is 7.53. The van der Waals surface area contributed by atoms with Crippen LogP contribution in [0.2, 0.25) is 0 Å². The topological polar surface area (TPSA) is 117 Å². The molecule has 0 bridgehead atoms. The van der Waals surface area contributed by atoms with E-state index in [9.17, 15) is 18.9 Å². The zero-order valence-corrected chi connectivity index (χ0v) is 25.1. The molecule has 9 nitrogen and oxygen atoms in total. The van der Waals surface area contributed by atoms with E-state index in [0.717, 1.165) is 21.9 Å². The minimum atomic E-state index is -3.51. The van der Waals surface area contributed by atoms with Gasteiger partial charge in [0.1, 0.15) is 0 Å². The molecule has 3 aromatic carbocycles. The number of fused-ring (bicyclic) bond motifs is 1. The summed E-state index contributed by atoms with van der Waals surface area (Å²) in [4.78, 5) is 38.9. The van der Waals surface area contributed by atoms with Gasteiger partial charge < -0.3 is 23.8 Å². The molecular weight excluding hydrogens is 545 g/mol. The molecule has 41 heavy (non-hydrogen) atoms. The highest BCUT2D eigenvalue weighted by Crippen LogP contribution is 2.51. The van der Waals surface area contributed by atoms with Gasteiger partial charge in [-0.05, 0) is 60.7 Å². The number of benzene rings is 3. The van der Waals surface area contributed by atoms with Crippen LogP contribution < -0.4 is 5.32 Å². The van der Waals surface area contributed by atoms with Gasteiger partial charge in [0, 0.05) is 13.3 Å². The molecule has 0 aliphatic rings. The van der Waals surface area contributed by atoms with Crippen LogP contribution in [0.25, 0.3) is 21.9 Å². The predicted octanol–water partition coefficient (Wildman–Crippen LogP) is 5.82. The quantitative estimate of drug-likeness (QED) is 0.143.